The minimum atomic E-state index is -0.0876. The van der Waals surface area contributed by atoms with Gasteiger partial charge in [0.15, 0.2) is 0 Å². The van der Waals surface area contributed by atoms with Gasteiger partial charge in [0.1, 0.15) is 5.82 Å². The lowest BCUT2D eigenvalue weighted by Gasteiger charge is -2.13. The molecule has 1 aromatic heterocycles. The van der Waals surface area contributed by atoms with E-state index in [9.17, 15) is 4.79 Å². The van der Waals surface area contributed by atoms with E-state index in [0.717, 1.165) is 9.26 Å². The van der Waals surface area contributed by atoms with Crippen molar-refractivity contribution < 1.29 is 0 Å². The average molecular weight is 397 g/mol. The van der Waals surface area contributed by atoms with Crippen LogP contribution in [0.25, 0.3) is 16.6 Å². The van der Waals surface area contributed by atoms with Crippen molar-refractivity contribution in [2.24, 2.45) is 0 Å². The number of para-hydroxylation sites is 2. The van der Waals surface area contributed by atoms with E-state index >= 15 is 0 Å². The van der Waals surface area contributed by atoms with Crippen LogP contribution in [0, 0.1) is 3.57 Å². The second-order valence-electron chi connectivity index (χ2n) is 4.27. The first-order chi connectivity index (χ1) is 9.72. The fraction of sp³-hybridized carbons (Fsp3) is 0.0667. The Morgan fingerprint density at radius 2 is 1.80 bits per heavy atom. The van der Waals surface area contributed by atoms with Gasteiger partial charge in [-0.3, -0.25) is 9.36 Å². The summed E-state index contributed by atoms with van der Waals surface area (Å²) in [7, 11) is 0. The summed E-state index contributed by atoms with van der Waals surface area (Å²) in [6.07, 6.45) is 0. The fourth-order valence-corrected chi connectivity index (χ4v) is 2.96. The molecule has 100 valence electrons. The Bertz CT molecular complexity index is 845. The van der Waals surface area contributed by atoms with Crippen LogP contribution in [0.2, 0.25) is 0 Å². The zero-order chi connectivity index (χ0) is 14.1. The van der Waals surface area contributed by atoms with Crippen LogP contribution in [0.1, 0.15) is 5.82 Å². The zero-order valence-corrected chi connectivity index (χ0v) is 13.3. The van der Waals surface area contributed by atoms with Gasteiger partial charge in [-0.2, -0.15) is 0 Å². The lowest BCUT2D eigenvalue weighted by atomic mass is 10.2. The Balaban J connectivity index is 2.43. The van der Waals surface area contributed by atoms with Crippen molar-refractivity contribution in [3.05, 3.63) is 68.3 Å². The maximum Gasteiger partial charge on any atom is 0.266 e. The van der Waals surface area contributed by atoms with Gasteiger partial charge in [0.25, 0.3) is 5.56 Å². The highest BCUT2D eigenvalue weighted by molar-refractivity contribution is 14.1. The second kappa shape index (κ2) is 5.54. The molecule has 0 aliphatic carbocycles. The Kier molecular flexibility index (Phi) is 3.76. The van der Waals surface area contributed by atoms with Crippen molar-refractivity contribution in [1.82, 2.24) is 9.55 Å². The minimum absolute atomic E-state index is 0.0876. The van der Waals surface area contributed by atoms with E-state index in [1.807, 2.05) is 42.5 Å². The third-order valence-electron chi connectivity index (χ3n) is 3.06. The van der Waals surface area contributed by atoms with Crippen molar-refractivity contribution in [3.63, 3.8) is 0 Å². The van der Waals surface area contributed by atoms with Crippen LogP contribution in [0.3, 0.4) is 0 Å². The molecule has 20 heavy (non-hydrogen) atoms. The molecule has 0 bridgehead atoms. The van der Waals surface area contributed by atoms with E-state index in [1.54, 1.807) is 10.6 Å². The van der Waals surface area contributed by atoms with Crippen molar-refractivity contribution in [2.75, 3.05) is 0 Å². The third-order valence-corrected chi connectivity index (χ3v) is 4.21. The largest absolute Gasteiger partial charge is 0.268 e. The number of alkyl halides is 1. The van der Waals surface area contributed by atoms with Crippen molar-refractivity contribution in [1.29, 1.82) is 0 Å². The predicted octanol–water partition coefficient (Wildman–Crippen LogP) is 3.73. The molecule has 2 aromatic carbocycles. The Morgan fingerprint density at radius 1 is 1.10 bits per heavy atom. The van der Waals surface area contributed by atoms with E-state index < -0.39 is 0 Å². The molecule has 5 heteroatoms. The first-order valence-corrected chi connectivity index (χ1v) is 7.65. The fourth-order valence-electron chi connectivity index (χ4n) is 2.15. The van der Waals surface area contributed by atoms with Crippen LogP contribution < -0.4 is 5.56 Å². The number of rotatable bonds is 2. The molecule has 0 fully saturated rings. The van der Waals surface area contributed by atoms with Gasteiger partial charge in [-0.15, -0.1) is 11.6 Å². The molecule has 0 unspecified atom stereocenters. The first kappa shape index (κ1) is 13.6. The minimum Gasteiger partial charge on any atom is -0.268 e. The number of hydrogen-bond acceptors (Lipinski definition) is 2. The standard InChI is InChI=1S/C15H10ClIN2O/c16-9-14-18-12-7-3-1-5-10(12)15(20)19(14)13-8-4-2-6-11(13)17/h1-8H,9H2. The maximum atomic E-state index is 12.7. The molecule has 3 rings (SSSR count). The molecule has 0 aliphatic rings. The van der Waals surface area contributed by atoms with Gasteiger partial charge in [0, 0.05) is 3.57 Å². The highest BCUT2D eigenvalue weighted by atomic mass is 127. The summed E-state index contributed by atoms with van der Waals surface area (Å²) in [6, 6.07) is 15.0. The number of fused-ring (bicyclic) bond motifs is 1. The quantitative estimate of drug-likeness (QED) is 0.489. The molecular formula is C15H10ClIN2O. The second-order valence-corrected chi connectivity index (χ2v) is 5.70. The molecule has 0 saturated heterocycles. The summed E-state index contributed by atoms with van der Waals surface area (Å²) in [5.74, 6) is 0.741. The van der Waals surface area contributed by atoms with Crippen LogP contribution in [-0.2, 0) is 5.88 Å². The molecule has 1 heterocycles. The van der Waals surface area contributed by atoms with Crippen LogP contribution in [0.5, 0.6) is 0 Å². The van der Waals surface area contributed by atoms with E-state index in [2.05, 4.69) is 27.6 Å². The number of nitrogens with zero attached hydrogens (tertiary/aromatic N) is 2. The van der Waals surface area contributed by atoms with Crippen LogP contribution in [0.15, 0.2) is 53.3 Å². The van der Waals surface area contributed by atoms with Gasteiger partial charge >= 0.3 is 0 Å². The molecule has 3 aromatic rings. The smallest absolute Gasteiger partial charge is 0.266 e. The van der Waals surface area contributed by atoms with Gasteiger partial charge < -0.3 is 0 Å². The molecule has 0 saturated carbocycles. The molecule has 0 spiro atoms. The first-order valence-electron chi connectivity index (χ1n) is 6.04. The van der Waals surface area contributed by atoms with Crippen LogP contribution in [0.4, 0.5) is 0 Å². The van der Waals surface area contributed by atoms with Crippen LogP contribution >= 0.6 is 34.2 Å². The van der Waals surface area contributed by atoms with Gasteiger partial charge in [-0.25, -0.2) is 4.98 Å². The maximum absolute atomic E-state index is 12.7. The molecule has 0 aliphatic heterocycles. The van der Waals surface area contributed by atoms with Crippen molar-refractivity contribution >= 4 is 45.1 Å². The monoisotopic (exact) mass is 396 g/mol. The van der Waals surface area contributed by atoms with Gasteiger partial charge in [0.05, 0.1) is 22.5 Å². The Labute approximate surface area is 134 Å². The summed E-state index contributed by atoms with van der Waals surface area (Å²) in [4.78, 5) is 17.2. The molecule has 0 N–H and O–H groups in total. The number of halogens is 2. The Morgan fingerprint density at radius 3 is 2.55 bits per heavy atom. The number of aromatic nitrogens is 2. The molecule has 0 radical (unpaired) electrons. The van der Waals surface area contributed by atoms with Gasteiger partial charge in [-0.05, 0) is 46.9 Å². The summed E-state index contributed by atoms with van der Waals surface area (Å²) >= 11 is 8.19. The van der Waals surface area contributed by atoms with Crippen molar-refractivity contribution in [2.45, 2.75) is 5.88 Å². The average Bonchev–Trinajstić information content (AvgIpc) is 2.48. The van der Waals surface area contributed by atoms with E-state index in [0.29, 0.717) is 16.7 Å². The Hall–Kier alpha value is -1.40. The van der Waals surface area contributed by atoms with Gasteiger partial charge in [0.2, 0.25) is 0 Å². The topological polar surface area (TPSA) is 34.9 Å². The normalized spacial score (nSPS) is 10.9. The summed E-state index contributed by atoms with van der Waals surface area (Å²) in [6.45, 7) is 0. The summed E-state index contributed by atoms with van der Waals surface area (Å²) in [5, 5.41) is 0.598. The summed E-state index contributed by atoms with van der Waals surface area (Å²) in [5.41, 5.74) is 1.40. The van der Waals surface area contributed by atoms with E-state index in [4.69, 9.17) is 11.6 Å². The zero-order valence-electron chi connectivity index (χ0n) is 10.4. The highest BCUT2D eigenvalue weighted by Crippen LogP contribution is 2.19. The molecular weight excluding hydrogens is 387 g/mol. The highest BCUT2D eigenvalue weighted by Gasteiger charge is 2.13. The lowest BCUT2D eigenvalue weighted by Crippen LogP contribution is -2.24. The molecule has 0 atom stereocenters. The SMILES string of the molecule is O=c1c2ccccc2nc(CCl)n1-c1ccccc1I. The molecule has 0 amide bonds. The van der Waals surface area contributed by atoms with E-state index in [1.165, 1.54) is 0 Å². The number of benzene rings is 2. The van der Waals surface area contributed by atoms with Crippen molar-refractivity contribution in [3.8, 4) is 5.69 Å². The number of hydrogen-bond donors (Lipinski definition) is 0. The summed E-state index contributed by atoms with van der Waals surface area (Å²) < 4.78 is 2.58. The predicted molar refractivity (Wildman–Crippen MR) is 89.6 cm³/mol. The molecule has 3 nitrogen and oxygen atoms in total. The van der Waals surface area contributed by atoms with Gasteiger partial charge in [-0.1, -0.05) is 24.3 Å². The van der Waals surface area contributed by atoms with Crippen LogP contribution in [-0.4, -0.2) is 9.55 Å². The third kappa shape index (κ3) is 2.23. The van der Waals surface area contributed by atoms with E-state index in [-0.39, 0.29) is 11.4 Å². The lowest BCUT2D eigenvalue weighted by molar-refractivity contribution is 0.877.